The smallest absolute Gasteiger partial charge is 0.387 e. The molecule has 0 radical (unpaired) electrons. The molecule has 0 aromatic heterocycles. The van der Waals surface area contributed by atoms with Gasteiger partial charge in [-0.3, -0.25) is 4.79 Å². The molecule has 1 N–H and O–H groups in total. The van der Waals surface area contributed by atoms with E-state index in [9.17, 15) is 13.6 Å². The third-order valence-corrected chi connectivity index (χ3v) is 2.99. The van der Waals surface area contributed by atoms with Gasteiger partial charge in [0.15, 0.2) is 0 Å². The van der Waals surface area contributed by atoms with E-state index in [1.807, 2.05) is 37.3 Å². The number of hydrogen-bond donors (Lipinski definition) is 1. The van der Waals surface area contributed by atoms with Crippen molar-refractivity contribution in [2.24, 2.45) is 0 Å². The molecule has 0 aliphatic carbocycles. The standard InChI is InChI=1S/C16H15F2NO2/c1-11(12-5-3-2-4-6-12)19-15(20)13-7-9-14(10-8-13)21-16(17)18/h2-11,16H,1H3,(H,19,20). The number of amides is 1. The number of hydrogen-bond acceptors (Lipinski definition) is 2. The fourth-order valence-electron chi connectivity index (χ4n) is 1.89. The van der Waals surface area contributed by atoms with E-state index < -0.39 is 6.61 Å². The highest BCUT2D eigenvalue weighted by molar-refractivity contribution is 5.94. The maximum Gasteiger partial charge on any atom is 0.387 e. The number of halogens is 2. The minimum absolute atomic E-state index is 0.0256. The summed E-state index contributed by atoms with van der Waals surface area (Å²) in [6.07, 6.45) is 0. The lowest BCUT2D eigenvalue weighted by Gasteiger charge is -2.14. The van der Waals surface area contributed by atoms with Crippen LogP contribution in [0.3, 0.4) is 0 Å². The molecule has 0 bridgehead atoms. The van der Waals surface area contributed by atoms with E-state index >= 15 is 0 Å². The Hall–Kier alpha value is -2.43. The average molecular weight is 291 g/mol. The van der Waals surface area contributed by atoms with Gasteiger partial charge in [-0.25, -0.2) is 0 Å². The van der Waals surface area contributed by atoms with Crippen molar-refractivity contribution in [3.63, 3.8) is 0 Å². The second-order valence-corrected chi connectivity index (χ2v) is 4.51. The Morgan fingerprint density at radius 2 is 1.67 bits per heavy atom. The van der Waals surface area contributed by atoms with Crippen molar-refractivity contribution >= 4 is 5.91 Å². The number of carbonyl (C=O) groups is 1. The molecule has 0 saturated heterocycles. The summed E-state index contributed by atoms with van der Waals surface area (Å²) in [5.41, 5.74) is 1.38. The van der Waals surface area contributed by atoms with Crippen LogP contribution in [0.4, 0.5) is 8.78 Å². The largest absolute Gasteiger partial charge is 0.435 e. The molecular formula is C16H15F2NO2. The number of rotatable bonds is 5. The van der Waals surface area contributed by atoms with E-state index in [-0.39, 0.29) is 17.7 Å². The minimum atomic E-state index is -2.87. The zero-order chi connectivity index (χ0) is 15.2. The third kappa shape index (κ3) is 4.27. The molecule has 1 atom stereocenters. The van der Waals surface area contributed by atoms with Gasteiger partial charge in [0.2, 0.25) is 0 Å². The van der Waals surface area contributed by atoms with Crippen molar-refractivity contribution in [3.8, 4) is 5.75 Å². The molecule has 0 aliphatic rings. The van der Waals surface area contributed by atoms with Crippen LogP contribution in [0.25, 0.3) is 0 Å². The Kier molecular flexibility index (Phi) is 4.87. The first-order chi connectivity index (χ1) is 10.1. The van der Waals surface area contributed by atoms with Crippen LogP contribution in [0.5, 0.6) is 5.75 Å². The SMILES string of the molecule is CC(NC(=O)c1ccc(OC(F)F)cc1)c1ccccc1. The molecule has 0 aliphatic heterocycles. The molecule has 21 heavy (non-hydrogen) atoms. The van der Waals surface area contributed by atoms with E-state index in [0.29, 0.717) is 5.56 Å². The maximum atomic E-state index is 12.1. The van der Waals surface area contributed by atoms with E-state index in [1.165, 1.54) is 24.3 Å². The summed E-state index contributed by atoms with van der Waals surface area (Å²) in [7, 11) is 0. The van der Waals surface area contributed by atoms with Crippen LogP contribution >= 0.6 is 0 Å². The summed E-state index contributed by atoms with van der Waals surface area (Å²) in [6, 6.07) is 15.0. The third-order valence-electron chi connectivity index (χ3n) is 2.99. The van der Waals surface area contributed by atoms with Crippen LogP contribution in [0.1, 0.15) is 28.9 Å². The van der Waals surface area contributed by atoms with Crippen LogP contribution in [-0.2, 0) is 0 Å². The Morgan fingerprint density at radius 1 is 1.05 bits per heavy atom. The summed E-state index contributed by atoms with van der Waals surface area (Å²) in [6.45, 7) is -0.996. The molecule has 3 nitrogen and oxygen atoms in total. The number of ether oxygens (including phenoxy) is 1. The molecule has 1 amide bonds. The zero-order valence-corrected chi connectivity index (χ0v) is 11.4. The van der Waals surface area contributed by atoms with Crippen molar-refractivity contribution in [3.05, 3.63) is 65.7 Å². The van der Waals surface area contributed by atoms with Gasteiger partial charge in [0.1, 0.15) is 5.75 Å². The first kappa shape index (κ1) is 15.0. The van der Waals surface area contributed by atoms with Gasteiger partial charge in [-0.15, -0.1) is 0 Å². The monoisotopic (exact) mass is 291 g/mol. The van der Waals surface area contributed by atoms with Crippen molar-refractivity contribution in [1.82, 2.24) is 5.32 Å². The highest BCUT2D eigenvalue weighted by Gasteiger charge is 2.11. The van der Waals surface area contributed by atoms with Crippen molar-refractivity contribution in [1.29, 1.82) is 0 Å². The molecule has 0 heterocycles. The summed E-state index contributed by atoms with van der Waals surface area (Å²) in [5, 5.41) is 2.84. The maximum absolute atomic E-state index is 12.1. The Labute approximate surface area is 121 Å². The van der Waals surface area contributed by atoms with Crippen LogP contribution in [-0.4, -0.2) is 12.5 Å². The molecule has 2 aromatic carbocycles. The summed E-state index contributed by atoms with van der Waals surface area (Å²) in [5.74, 6) is -0.243. The Morgan fingerprint density at radius 3 is 2.24 bits per heavy atom. The van der Waals surface area contributed by atoms with E-state index in [0.717, 1.165) is 5.56 Å². The molecule has 2 rings (SSSR count). The van der Waals surface area contributed by atoms with Crippen LogP contribution < -0.4 is 10.1 Å². The Bertz CT molecular complexity index is 585. The fraction of sp³-hybridized carbons (Fsp3) is 0.188. The number of alkyl halides is 2. The minimum Gasteiger partial charge on any atom is -0.435 e. The lowest BCUT2D eigenvalue weighted by Crippen LogP contribution is -2.26. The topological polar surface area (TPSA) is 38.3 Å². The predicted molar refractivity (Wildman–Crippen MR) is 75.4 cm³/mol. The van der Waals surface area contributed by atoms with Crippen LogP contribution in [0.2, 0.25) is 0 Å². The lowest BCUT2D eigenvalue weighted by atomic mass is 10.1. The van der Waals surface area contributed by atoms with Gasteiger partial charge in [0.05, 0.1) is 6.04 Å². The van der Waals surface area contributed by atoms with Gasteiger partial charge in [0, 0.05) is 5.56 Å². The number of nitrogens with one attached hydrogen (secondary N) is 1. The van der Waals surface area contributed by atoms with E-state index in [2.05, 4.69) is 10.1 Å². The van der Waals surface area contributed by atoms with Crippen LogP contribution in [0.15, 0.2) is 54.6 Å². The molecule has 0 saturated carbocycles. The van der Waals surface area contributed by atoms with Gasteiger partial charge in [0.25, 0.3) is 5.91 Å². The average Bonchev–Trinajstić information content (AvgIpc) is 2.48. The number of benzene rings is 2. The molecule has 1 unspecified atom stereocenters. The Balaban J connectivity index is 2.00. The van der Waals surface area contributed by atoms with Crippen molar-refractivity contribution in [2.45, 2.75) is 19.6 Å². The van der Waals surface area contributed by atoms with Crippen molar-refractivity contribution in [2.75, 3.05) is 0 Å². The molecule has 0 fully saturated rings. The number of carbonyl (C=O) groups excluding carboxylic acids is 1. The van der Waals surface area contributed by atoms with Crippen LogP contribution in [0, 0.1) is 0 Å². The molecule has 2 aromatic rings. The predicted octanol–water partition coefficient (Wildman–Crippen LogP) is 3.78. The lowest BCUT2D eigenvalue weighted by molar-refractivity contribution is -0.0498. The molecule has 110 valence electrons. The normalized spacial score (nSPS) is 12.0. The van der Waals surface area contributed by atoms with E-state index in [1.54, 1.807) is 0 Å². The summed E-state index contributed by atoms with van der Waals surface area (Å²) >= 11 is 0. The van der Waals surface area contributed by atoms with Gasteiger partial charge >= 0.3 is 6.61 Å². The van der Waals surface area contributed by atoms with Gasteiger partial charge < -0.3 is 10.1 Å². The molecule has 0 spiro atoms. The van der Waals surface area contributed by atoms with Gasteiger partial charge in [-0.05, 0) is 36.8 Å². The van der Waals surface area contributed by atoms with Gasteiger partial charge in [-0.2, -0.15) is 8.78 Å². The first-order valence-electron chi connectivity index (χ1n) is 6.47. The fourth-order valence-corrected chi connectivity index (χ4v) is 1.89. The van der Waals surface area contributed by atoms with Crippen molar-refractivity contribution < 1.29 is 18.3 Å². The summed E-state index contributed by atoms with van der Waals surface area (Å²) < 4.78 is 28.3. The quantitative estimate of drug-likeness (QED) is 0.910. The second-order valence-electron chi connectivity index (χ2n) is 4.51. The zero-order valence-electron chi connectivity index (χ0n) is 11.4. The molecular weight excluding hydrogens is 276 g/mol. The molecule has 5 heteroatoms. The highest BCUT2D eigenvalue weighted by Crippen LogP contribution is 2.16. The first-order valence-corrected chi connectivity index (χ1v) is 6.47. The van der Waals surface area contributed by atoms with Gasteiger partial charge in [-0.1, -0.05) is 30.3 Å². The second kappa shape index (κ2) is 6.83. The summed E-state index contributed by atoms with van der Waals surface area (Å²) in [4.78, 5) is 12.1. The highest BCUT2D eigenvalue weighted by atomic mass is 19.3. The van der Waals surface area contributed by atoms with E-state index in [4.69, 9.17) is 0 Å².